The highest BCUT2D eigenvalue weighted by Crippen LogP contribution is 2.15. The number of sulfonamides is 1. The van der Waals surface area contributed by atoms with Crippen LogP contribution in [0.3, 0.4) is 0 Å². The van der Waals surface area contributed by atoms with Crippen LogP contribution >= 0.6 is 0 Å². The third-order valence-electron chi connectivity index (χ3n) is 2.19. The van der Waals surface area contributed by atoms with Crippen molar-refractivity contribution in [2.75, 3.05) is 16.3 Å². The second-order valence-electron chi connectivity index (χ2n) is 3.85. The Morgan fingerprint density at radius 3 is 2.58 bits per heavy atom. The Bertz CT molecular complexity index is 679. The van der Waals surface area contributed by atoms with Gasteiger partial charge in [-0.1, -0.05) is 18.2 Å². The lowest BCUT2D eigenvalue weighted by Crippen LogP contribution is -2.17. The van der Waals surface area contributed by atoms with Crippen molar-refractivity contribution in [3.8, 4) is 0 Å². The molecular formula is C11H12N4O3S. The molecule has 0 radical (unpaired) electrons. The summed E-state index contributed by atoms with van der Waals surface area (Å²) in [5.41, 5.74) is 0.762. The molecule has 8 heteroatoms. The van der Waals surface area contributed by atoms with Crippen LogP contribution < -0.4 is 10.0 Å². The minimum Gasteiger partial charge on any atom is -0.321 e. The first-order valence-corrected chi connectivity index (χ1v) is 7.22. The lowest BCUT2D eigenvalue weighted by molar-refractivity contribution is 0.102. The van der Waals surface area contributed by atoms with E-state index in [0.717, 1.165) is 6.26 Å². The number of aromatic nitrogens is 2. The van der Waals surface area contributed by atoms with Gasteiger partial charge in [-0.05, 0) is 12.1 Å². The maximum absolute atomic E-state index is 12.0. The van der Waals surface area contributed by atoms with E-state index < -0.39 is 15.9 Å². The molecule has 0 aliphatic carbocycles. The van der Waals surface area contributed by atoms with Crippen LogP contribution in [0, 0.1) is 0 Å². The second-order valence-corrected chi connectivity index (χ2v) is 5.60. The van der Waals surface area contributed by atoms with E-state index in [1.165, 1.54) is 6.20 Å². The quantitative estimate of drug-likeness (QED) is 0.778. The summed E-state index contributed by atoms with van der Waals surface area (Å²) >= 11 is 0. The van der Waals surface area contributed by atoms with Gasteiger partial charge in [0.05, 0.1) is 18.1 Å². The van der Waals surface area contributed by atoms with Gasteiger partial charge < -0.3 is 5.32 Å². The molecule has 1 heterocycles. The van der Waals surface area contributed by atoms with Gasteiger partial charge in [-0.3, -0.25) is 14.6 Å². The van der Waals surface area contributed by atoms with Gasteiger partial charge in [-0.2, -0.15) is 5.10 Å². The maximum atomic E-state index is 12.0. The summed E-state index contributed by atoms with van der Waals surface area (Å²) in [5.74, 6) is -0.477. The first-order valence-electron chi connectivity index (χ1n) is 5.33. The average molecular weight is 280 g/mol. The first kappa shape index (κ1) is 13.1. The zero-order chi connectivity index (χ0) is 13.9. The fourth-order valence-corrected chi connectivity index (χ4v) is 2.01. The normalized spacial score (nSPS) is 11.0. The number of para-hydroxylation sites is 1. The Balaban J connectivity index is 2.19. The predicted octanol–water partition coefficient (Wildman–Crippen LogP) is 1.03. The number of amides is 1. The minimum atomic E-state index is -3.47. The number of H-pyrrole nitrogens is 1. The molecule has 7 nitrogen and oxygen atoms in total. The molecule has 19 heavy (non-hydrogen) atoms. The van der Waals surface area contributed by atoms with E-state index in [4.69, 9.17) is 0 Å². The molecule has 3 N–H and O–H groups in total. The fraction of sp³-hybridized carbons (Fsp3) is 0.0909. The van der Waals surface area contributed by atoms with E-state index in [9.17, 15) is 13.2 Å². The SMILES string of the molecule is CS(=O)(=O)Nc1cn[nH]c1C(=O)Nc1ccccc1. The van der Waals surface area contributed by atoms with Crippen LogP contribution in [0.2, 0.25) is 0 Å². The fourth-order valence-electron chi connectivity index (χ4n) is 1.45. The molecule has 0 aliphatic heterocycles. The van der Waals surface area contributed by atoms with E-state index in [1.54, 1.807) is 24.3 Å². The number of carbonyl (C=O) groups is 1. The molecule has 1 aromatic heterocycles. The lowest BCUT2D eigenvalue weighted by Gasteiger charge is -2.06. The molecule has 0 saturated carbocycles. The smallest absolute Gasteiger partial charge is 0.275 e. The van der Waals surface area contributed by atoms with E-state index in [0.29, 0.717) is 5.69 Å². The van der Waals surface area contributed by atoms with Gasteiger partial charge in [-0.25, -0.2) is 8.42 Å². The first-order chi connectivity index (χ1) is 8.96. The van der Waals surface area contributed by atoms with Gasteiger partial charge in [0.1, 0.15) is 5.69 Å². The number of carbonyl (C=O) groups excluding carboxylic acids is 1. The summed E-state index contributed by atoms with van der Waals surface area (Å²) in [6.07, 6.45) is 2.24. The van der Waals surface area contributed by atoms with Gasteiger partial charge >= 0.3 is 0 Å². The van der Waals surface area contributed by atoms with Crippen LogP contribution in [0.4, 0.5) is 11.4 Å². The van der Waals surface area contributed by atoms with E-state index in [-0.39, 0.29) is 11.4 Å². The summed E-state index contributed by atoms with van der Waals surface area (Å²) in [6, 6.07) is 8.81. The Kier molecular flexibility index (Phi) is 3.52. The minimum absolute atomic E-state index is 0.0503. The van der Waals surface area contributed by atoms with Crippen molar-refractivity contribution in [3.05, 3.63) is 42.2 Å². The largest absolute Gasteiger partial charge is 0.321 e. The molecule has 0 unspecified atom stereocenters. The van der Waals surface area contributed by atoms with E-state index in [2.05, 4.69) is 20.2 Å². The standard InChI is InChI=1S/C11H12N4O3S/c1-19(17,18)15-9-7-12-14-10(9)11(16)13-8-5-3-2-4-6-8/h2-7,15H,1H3,(H,12,14)(H,13,16). The third kappa shape index (κ3) is 3.55. The number of nitrogens with zero attached hydrogens (tertiary/aromatic N) is 1. The molecule has 0 spiro atoms. The molecule has 1 aromatic carbocycles. The zero-order valence-corrected chi connectivity index (χ0v) is 10.9. The van der Waals surface area contributed by atoms with E-state index >= 15 is 0 Å². The molecule has 0 atom stereocenters. The van der Waals surface area contributed by atoms with Gasteiger partial charge in [0.25, 0.3) is 5.91 Å². The summed E-state index contributed by atoms with van der Waals surface area (Å²) in [4.78, 5) is 12.0. The number of aromatic amines is 1. The molecule has 100 valence electrons. The van der Waals surface area contributed by atoms with Crippen molar-refractivity contribution in [2.24, 2.45) is 0 Å². The van der Waals surface area contributed by atoms with Crippen molar-refractivity contribution in [3.63, 3.8) is 0 Å². The molecule has 0 aliphatic rings. The molecule has 2 rings (SSSR count). The lowest BCUT2D eigenvalue weighted by atomic mass is 10.3. The van der Waals surface area contributed by atoms with Gasteiger partial charge in [0.2, 0.25) is 10.0 Å². The zero-order valence-electron chi connectivity index (χ0n) is 10.0. The number of hydrogen-bond acceptors (Lipinski definition) is 4. The van der Waals surface area contributed by atoms with Crippen molar-refractivity contribution < 1.29 is 13.2 Å². The van der Waals surface area contributed by atoms with Gasteiger partial charge in [0, 0.05) is 5.69 Å². The summed E-state index contributed by atoms with van der Waals surface area (Å²) in [6.45, 7) is 0. The second kappa shape index (κ2) is 5.11. The molecule has 0 bridgehead atoms. The van der Waals surface area contributed by atoms with E-state index in [1.807, 2.05) is 6.07 Å². The van der Waals surface area contributed by atoms with Crippen LogP contribution in [0.1, 0.15) is 10.5 Å². The topological polar surface area (TPSA) is 104 Å². The Morgan fingerprint density at radius 1 is 1.26 bits per heavy atom. The monoisotopic (exact) mass is 280 g/mol. The number of nitrogens with one attached hydrogen (secondary N) is 3. The highest BCUT2D eigenvalue weighted by atomic mass is 32.2. The van der Waals surface area contributed by atoms with Crippen LogP contribution in [0.5, 0.6) is 0 Å². The number of hydrogen-bond donors (Lipinski definition) is 3. The van der Waals surface area contributed by atoms with Crippen molar-refractivity contribution in [1.82, 2.24) is 10.2 Å². The Hall–Kier alpha value is -2.35. The van der Waals surface area contributed by atoms with Crippen molar-refractivity contribution in [2.45, 2.75) is 0 Å². The van der Waals surface area contributed by atoms with Gasteiger partial charge in [-0.15, -0.1) is 0 Å². The van der Waals surface area contributed by atoms with Crippen molar-refractivity contribution in [1.29, 1.82) is 0 Å². The molecule has 1 amide bonds. The Morgan fingerprint density at radius 2 is 1.95 bits per heavy atom. The highest BCUT2D eigenvalue weighted by molar-refractivity contribution is 7.92. The van der Waals surface area contributed by atoms with Crippen molar-refractivity contribution >= 4 is 27.3 Å². The molecule has 0 saturated heterocycles. The molecule has 0 fully saturated rings. The third-order valence-corrected chi connectivity index (χ3v) is 2.78. The Labute approximate surface area is 110 Å². The van der Waals surface area contributed by atoms with Crippen LogP contribution in [-0.2, 0) is 10.0 Å². The highest BCUT2D eigenvalue weighted by Gasteiger charge is 2.16. The molecular weight excluding hydrogens is 268 g/mol. The molecule has 2 aromatic rings. The average Bonchev–Trinajstić information content (AvgIpc) is 2.76. The number of benzene rings is 1. The van der Waals surface area contributed by atoms with Gasteiger partial charge in [0.15, 0.2) is 0 Å². The summed E-state index contributed by atoms with van der Waals surface area (Å²) in [5, 5.41) is 8.74. The summed E-state index contributed by atoms with van der Waals surface area (Å²) in [7, 11) is -3.47. The predicted molar refractivity (Wildman–Crippen MR) is 71.4 cm³/mol. The maximum Gasteiger partial charge on any atom is 0.275 e. The van der Waals surface area contributed by atoms with Crippen LogP contribution in [0.15, 0.2) is 36.5 Å². The number of rotatable bonds is 4. The summed E-state index contributed by atoms with van der Waals surface area (Å²) < 4.78 is 24.5. The van der Waals surface area contributed by atoms with Crippen LogP contribution in [0.25, 0.3) is 0 Å². The van der Waals surface area contributed by atoms with Crippen LogP contribution in [-0.4, -0.2) is 30.8 Å². The number of anilines is 2.